The second-order valence-corrected chi connectivity index (χ2v) is 5.94. The fourth-order valence-corrected chi connectivity index (χ4v) is 3.17. The number of rotatable bonds is 2. The van der Waals surface area contributed by atoms with Crippen LogP contribution in [0.5, 0.6) is 0 Å². The van der Waals surface area contributed by atoms with Crippen molar-refractivity contribution in [3.05, 3.63) is 59.2 Å². The first-order chi connectivity index (χ1) is 9.61. The lowest BCUT2D eigenvalue weighted by molar-refractivity contribution is 0.775. The number of nitrogens with two attached hydrogens (primary N) is 1. The first-order valence-electron chi connectivity index (χ1n) is 7.30. The summed E-state index contributed by atoms with van der Waals surface area (Å²) in [5.41, 5.74) is 12.1. The zero-order chi connectivity index (χ0) is 14.1. The van der Waals surface area contributed by atoms with Crippen molar-refractivity contribution in [2.24, 2.45) is 0 Å². The van der Waals surface area contributed by atoms with Gasteiger partial charge in [-0.3, -0.25) is 0 Å². The van der Waals surface area contributed by atoms with Gasteiger partial charge in [0.1, 0.15) is 0 Å². The molecule has 1 saturated heterocycles. The molecule has 0 aromatic heterocycles. The van der Waals surface area contributed by atoms with Crippen LogP contribution in [0.2, 0.25) is 0 Å². The summed E-state index contributed by atoms with van der Waals surface area (Å²) in [6.07, 6.45) is 1.22. The molecule has 2 heteroatoms. The molecule has 3 rings (SSSR count). The van der Waals surface area contributed by atoms with E-state index in [4.69, 9.17) is 5.73 Å². The van der Waals surface area contributed by atoms with Gasteiger partial charge in [-0.25, -0.2) is 0 Å². The number of nitrogen functional groups attached to an aromatic ring is 1. The van der Waals surface area contributed by atoms with E-state index in [0.717, 1.165) is 18.8 Å². The van der Waals surface area contributed by atoms with Crippen molar-refractivity contribution in [3.8, 4) is 0 Å². The molecule has 1 heterocycles. The summed E-state index contributed by atoms with van der Waals surface area (Å²) in [6, 6.07) is 15.2. The van der Waals surface area contributed by atoms with E-state index in [2.05, 4.69) is 49.1 Å². The fraction of sp³-hybridized carbons (Fsp3) is 0.333. The first-order valence-corrected chi connectivity index (χ1v) is 7.30. The van der Waals surface area contributed by atoms with Gasteiger partial charge < -0.3 is 10.6 Å². The normalized spacial score (nSPS) is 18.5. The molecule has 2 aromatic carbocycles. The molecule has 0 bridgehead atoms. The summed E-state index contributed by atoms with van der Waals surface area (Å²) in [4.78, 5) is 2.50. The van der Waals surface area contributed by atoms with E-state index < -0.39 is 0 Å². The van der Waals surface area contributed by atoms with Gasteiger partial charge in [0, 0.05) is 30.4 Å². The summed E-state index contributed by atoms with van der Waals surface area (Å²) >= 11 is 0. The van der Waals surface area contributed by atoms with Crippen LogP contribution in [-0.2, 0) is 0 Å². The number of aryl methyl sites for hydroxylation is 2. The van der Waals surface area contributed by atoms with Crippen molar-refractivity contribution >= 4 is 11.4 Å². The SMILES string of the molecule is Cc1cc(C)cc(N2CCC(c3ccc(N)cc3)C2)c1. The zero-order valence-electron chi connectivity index (χ0n) is 12.3. The van der Waals surface area contributed by atoms with Gasteiger partial charge in [0.25, 0.3) is 0 Å². The quantitative estimate of drug-likeness (QED) is 0.836. The molecular formula is C18H22N2. The van der Waals surface area contributed by atoms with Crippen LogP contribution in [0.1, 0.15) is 29.0 Å². The lowest BCUT2D eigenvalue weighted by atomic mass is 9.98. The minimum atomic E-state index is 0.622. The second kappa shape index (κ2) is 5.20. The highest BCUT2D eigenvalue weighted by atomic mass is 15.1. The van der Waals surface area contributed by atoms with Crippen LogP contribution in [0.4, 0.5) is 11.4 Å². The summed E-state index contributed by atoms with van der Waals surface area (Å²) in [5.74, 6) is 0.622. The van der Waals surface area contributed by atoms with E-state index in [1.807, 2.05) is 12.1 Å². The van der Waals surface area contributed by atoms with Gasteiger partial charge in [-0.1, -0.05) is 18.2 Å². The van der Waals surface area contributed by atoms with Crippen LogP contribution in [0.3, 0.4) is 0 Å². The van der Waals surface area contributed by atoms with Crippen LogP contribution in [0, 0.1) is 13.8 Å². The molecule has 0 radical (unpaired) electrons. The van der Waals surface area contributed by atoms with Crippen LogP contribution in [0.15, 0.2) is 42.5 Å². The minimum absolute atomic E-state index is 0.622. The standard InChI is InChI=1S/C18H22N2/c1-13-9-14(2)11-18(10-13)20-8-7-16(12-20)15-3-5-17(19)6-4-15/h3-6,9-11,16H,7-8,12,19H2,1-2H3. The Labute approximate surface area is 121 Å². The summed E-state index contributed by atoms with van der Waals surface area (Å²) in [6.45, 7) is 6.58. The Morgan fingerprint density at radius 1 is 1.00 bits per heavy atom. The number of hydrogen-bond donors (Lipinski definition) is 1. The van der Waals surface area contributed by atoms with E-state index in [-0.39, 0.29) is 0 Å². The first kappa shape index (κ1) is 13.0. The van der Waals surface area contributed by atoms with Crippen LogP contribution < -0.4 is 10.6 Å². The molecule has 2 N–H and O–H groups in total. The van der Waals surface area contributed by atoms with Crippen LogP contribution in [-0.4, -0.2) is 13.1 Å². The number of nitrogens with zero attached hydrogens (tertiary/aromatic N) is 1. The fourth-order valence-electron chi connectivity index (χ4n) is 3.17. The third-order valence-electron chi connectivity index (χ3n) is 4.17. The van der Waals surface area contributed by atoms with E-state index in [1.54, 1.807) is 0 Å². The minimum Gasteiger partial charge on any atom is -0.399 e. The molecule has 20 heavy (non-hydrogen) atoms. The molecular weight excluding hydrogens is 244 g/mol. The number of benzene rings is 2. The van der Waals surface area contributed by atoms with Crippen LogP contribution in [0.25, 0.3) is 0 Å². The molecule has 1 atom stereocenters. The van der Waals surface area contributed by atoms with Crippen molar-refractivity contribution in [2.45, 2.75) is 26.2 Å². The maximum atomic E-state index is 5.77. The van der Waals surface area contributed by atoms with Gasteiger partial charge in [-0.15, -0.1) is 0 Å². The van der Waals surface area contributed by atoms with Crippen molar-refractivity contribution in [1.29, 1.82) is 0 Å². The molecule has 0 spiro atoms. The summed E-state index contributed by atoms with van der Waals surface area (Å²) in [7, 11) is 0. The Kier molecular flexibility index (Phi) is 3.39. The second-order valence-electron chi connectivity index (χ2n) is 5.94. The average molecular weight is 266 g/mol. The highest BCUT2D eigenvalue weighted by Gasteiger charge is 2.24. The van der Waals surface area contributed by atoms with Crippen molar-refractivity contribution < 1.29 is 0 Å². The maximum Gasteiger partial charge on any atom is 0.0371 e. The molecule has 2 nitrogen and oxygen atoms in total. The molecule has 0 saturated carbocycles. The summed E-state index contributed by atoms with van der Waals surface area (Å²) in [5, 5.41) is 0. The Bertz CT molecular complexity index is 581. The molecule has 1 fully saturated rings. The molecule has 1 unspecified atom stereocenters. The monoisotopic (exact) mass is 266 g/mol. The largest absolute Gasteiger partial charge is 0.399 e. The zero-order valence-corrected chi connectivity index (χ0v) is 12.3. The Balaban J connectivity index is 1.77. The van der Waals surface area contributed by atoms with Crippen LogP contribution >= 0.6 is 0 Å². The Hall–Kier alpha value is -1.96. The van der Waals surface area contributed by atoms with E-state index in [0.29, 0.717) is 5.92 Å². The van der Waals surface area contributed by atoms with Gasteiger partial charge in [0.15, 0.2) is 0 Å². The lowest BCUT2D eigenvalue weighted by Crippen LogP contribution is -2.19. The highest BCUT2D eigenvalue weighted by Crippen LogP contribution is 2.31. The third-order valence-corrected chi connectivity index (χ3v) is 4.17. The molecule has 1 aliphatic heterocycles. The van der Waals surface area contributed by atoms with Gasteiger partial charge in [-0.2, -0.15) is 0 Å². The molecule has 1 aliphatic rings. The Morgan fingerprint density at radius 2 is 1.65 bits per heavy atom. The number of hydrogen-bond acceptors (Lipinski definition) is 2. The predicted molar refractivity (Wildman–Crippen MR) is 86.3 cm³/mol. The third kappa shape index (κ3) is 2.64. The average Bonchev–Trinajstić information content (AvgIpc) is 2.88. The predicted octanol–water partition coefficient (Wildman–Crippen LogP) is 3.88. The smallest absolute Gasteiger partial charge is 0.0371 e. The highest BCUT2D eigenvalue weighted by molar-refractivity contribution is 5.52. The molecule has 0 amide bonds. The van der Waals surface area contributed by atoms with Gasteiger partial charge >= 0.3 is 0 Å². The van der Waals surface area contributed by atoms with Crippen molar-refractivity contribution in [2.75, 3.05) is 23.7 Å². The number of anilines is 2. The summed E-state index contributed by atoms with van der Waals surface area (Å²) < 4.78 is 0. The van der Waals surface area contributed by atoms with E-state index in [9.17, 15) is 0 Å². The van der Waals surface area contributed by atoms with Gasteiger partial charge in [0.05, 0.1) is 0 Å². The van der Waals surface area contributed by atoms with E-state index in [1.165, 1.54) is 28.8 Å². The van der Waals surface area contributed by atoms with E-state index >= 15 is 0 Å². The van der Waals surface area contributed by atoms with Crippen molar-refractivity contribution in [1.82, 2.24) is 0 Å². The topological polar surface area (TPSA) is 29.3 Å². The molecule has 104 valence electrons. The van der Waals surface area contributed by atoms with Gasteiger partial charge in [0.2, 0.25) is 0 Å². The Morgan fingerprint density at radius 3 is 2.30 bits per heavy atom. The molecule has 0 aliphatic carbocycles. The molecule has 2 aromatic rings. The maximum absolute atomic E-state index is 5.77. The lowest BCUT2D eigenvalue weighted by Gasteiger charge is -2.20. The van der Waals surface area contributed by atoms with Crippen molar-refractivity contribution in [3.63, 3.8) is 0 Å². The van der Waals surface area contributed by atoms with Gasteiger partial charge in [-0.05, 0) is 61.2 Å².